The van der Waals surface area contributed by atoms with E-state index in [0.717, 1.165) is 0 Å². The zero-order chi connectivity index (χ0) is 26.2. The smallest absolute Gasteiger partial charge is 0.453 e. The Hall–Kier alpha value is -3.86. The summed E-state index contributed by atoms with van der Waals surface area (Å²) in [6.45, 7) is 4.17. The first-order valence-electron chi connectivity index (χ1n) is 10.8. The van der Waals surface area contributed by atoms with Gasteiger partial charge < -0.3 is 14.2 Å². The van der Waals surface area contributed by atoms with Gasteiger partial charge in [0.05, 0.1) is 24.2 Å². The van der Waals surface area contributed by atoms with E-state index in [1.807, 2.05) is 6.07 Å². The van der Waals surface area contributed by atoms with Crippen molar-refractivity contribution in [1.29, 1.82) is 0 Å². The molecule has 0 fully saturated rings. The number of hydrogen-bond acceptors (Lipinski definition) is 10. The third kappa shape index (κ3) is 6.85. The van der Waals surface area contributed by atoms with Crippen molar-refractivity contribution in [1.82, 2.24) is 9.55 Å². The molecule has 0 aliphatic carbocycles. The summed E-state index contributed by atoms with van der Waals surface area (Å²) in [4.78, 5) is 40.5. The second kappa shape index (κ2) is 12.2. The van der Waals surface area contributed by atoms with E-state index in [9.17, 15) is 18.9 Å². The number of aromatic nitrogens is 2. The number of hydrogen-bond donors (Lipinski definition) is 1. The lowest BCUT2D eigenvalue weighted by Gasteiger charge is -2.12. The first kappa shape index (κ1) is 26.7. The fourth-order valence-corrected chi connectivity index (χ4v) is 3.68. The number of benzene rings is 2. The summed E-state index contributed by atoms with van der Waals surface area (Å²) in [5, 5.41) is 2.46. The molecule has 0 aliphatic heterocycles. The highest BCUT2D eigenvalue weighted by Crippen LogP contribution is 2.34. The molecule has 0 aliphatic rings. The lowest BCUT2D eigenvalue weighted by atomic mass is 10.0. The van der Waals surface area contributed by atoms with Crippen LogP contribution in [0.5, 0.6) is 0 Å². The molecule has 1 heterocycles. The van der Waals surface area contributed by atoms with Gasteiger partial charge in [-0.05, 0) is 39.0 Å². The second-order valence-corrected chi connectivity index (χ2v) is 8.47. The summed E-state index contributed by atoms with van der Waals surface area (Å²) < 4.78 is 38.1. The van der Waals surface area contributed by atoms with Crippen LogP contribution in [0, 0.1) is 0 Å². The molecular formula is C23H25N3O9P+. The third-order valence-electron chi connectivity index (χ3n) is 4.66. The molecular weight excluding hydrogens is 493 g/mol. The Balaban J connectivity index is 1.81. The third-order valence-corrected chi connectivity index (χ3v) is 5.45. The normalized spacial score (nSPS) is 12.2. The second-order valence-electron chi connectivity index (χ2n) is 7.56. The van der Waals surface area contributed by atoms with Gasteiger partial charge >= 0.3 is 20.5 Å². The number of amides is 1. The van der Waals surface area contributed by atoms with Gasteiger partial charge in [0.1, 0.15) is 0 Å². The molecule has 2 aromatic carbocycles. The van der Waals surface area contributed by atoms with Gasteiger partial charge in [-0.15, -0.1) is 0 Å². The van der Waals surface area contributed by atoms with Gasteiger partial charge in [-0.25, -0.2) is 14.6 Å². The molecule has 3 aromatic rings. The first-order chi connectivity index (χ1) is 17.2. The van der Waals surface area contributed by atoms with Crippen LogP contribution in [0.1, 0.15) is 42.9 Å². The first-order valence-corrected chi connectivity index (χ1v) is 11.9. The van der Waals surface area contributed by atoms with E-state index in [1.54, 1.807) is 56.3 Å². The van der Waals surface area contributed by atoms with Gasteiger partial charge in [0.2, 0.25) is 5.95 Å². The quantitative estimate of drug-likeness (QED) is 0.165. The molecule has 13 heteroatoms. The van der Waals surface area contributed by atoms with Gasteiger partial charge in [0.25, 0.3) is 6.79 Å². The Morgan fingerprint density at radius 2 is 1.78 bits per heavy atom. The van der Waals surface area contributed by atoms with Crippen LogP contribution in [-0.4, -0.2) is 47.6 Å². The molecule has 1 amide bonds. The molecule has 190 valence electrons. The van der Waals surface area contributed by atoms with Gasteiger partial charge in [0, 0.05) is 15.7 Å². The van der Waals surface area contributed by atoms with E-state index in [0.29, 0.717) is 22.2 Å². The Morgan fingerprint density at radius 3 is 2.44 bits per heavy atom. The number of rotatable bonds is 10. The number of imidazole rings is 1. The monoisotopic (exact) mass is 518 g/mol. The van der Waals surface area contributed by atoms with Crippen molar-refractivity contribution < 1.29 is 42.2 Å². The van der Waals surface area contributed by atoms with Crippen LogP contribution in [0.4, 0.5) is 15.5 Å². The molecule has 36 heavy (non-hydrogen) atoms. The van der Waals surface area contributed by atoms with Crippen LogP contribution in [0.2, 0.25) is 0 Å². The average Bonchev–Trinajstić information content (AvgIpc) is 3.20. The van der Waals surface area contributed by atoms with Crippen LogP contribution in [0.15, 0.2) is 48.5 Å². The van der Waals surface area contributed by atoms with Gasteiger partial charge in [-0.1, -0.05) is 39.4 Å². The minimum atomic E-state index is -2.74. The molecule has 0 saturated heterocycles. The van der Waals surface area contributed by atoms with Crippen LogP contribution >= 0.6 is 8.25 Å². The maximum Gasteiger partial charge on any atom is 0.703 e. The molecule has 2 atom stereocenters. The highest BCUT2D eigenvalue weighted by atomic mass is 31.1. The average molecular weight is 518 g/mol. The largest absolute Gasteiger partial charge is 0.703 e. The van der Waals surface area contributed by atoms with E-state index < -0.39 is 33.5 Å². The number of nitrogens with one attached hydrogen (secondary N) is 1. The summed E-state index contributed by atoms with van der Waals surface area (Å²) in [6, 6.07) is 13.5. The van der Waals surface area contributed by atoms with Gasteiger partial charge in [0.15, 0.2) is 12.0 Å². The van der Waals surface area contributed by atoms with Crippen molar-refractivity contribution in [3.05, 3.63) is 59.7 Å². The SMILES string of the molecule is COC(=O)Nc1nc2cc(C(=O)c3ccccc3)ccc2n1C(C)O[P+](=O)OCOC(=O)OC(C)C. The molecule has 0 bridgehead atoms. The van der Waals surface area contributed by atoms with E-state index >= 15 is 0 Å². The number of carbonyl (C=O) groups excluding carboxylic acids is 3. The van der Waals surface area contributed by atoms with Crippen LogP contribution in [0.25, 0.3) is 11.0 Å². The summed E-state index contributed by atoms with van der Waals surface area (Å²) in [5.41, 5.74) is 1.74. The molecule has 2 unspecified atom stereocenters. The highest BCUT2D eigenvalue weighted by molar-refractivity contribution is 7.33. The molecule has 3 rings (SSSR count). The highest BCUT2D eigenvalue weighted by Gasteiger charge is 2.30. The van der Waals surface area contributed by atoms with Crippen molar-refractivity contribution >= 4 is 43.3 Å². The summed E-state index contributed by atoms with van der Waals surface area (Å²) in [7, 11) is -1.56. The van der Waals surface area contributed by atoms with Crippen LogP contribution in [0.3, 0.4) is 0 Å². The molecule has 12 nitrogen and oxygen atoms in total. The summed E-state index contributed by atoms with van der Waals surface area (Å²) >= 11 is 0. The van der Waals surface area contributed by atoms with Gasteiger partial charge in [-0.2, -0.15) is 0 Å². The zero-order valence-electron chi connectivity index (χ0n) is 20.0. The van der Waals surface area contributed by atoms with E-state index in [1.165, 1.54) is 18.6 Å². The van der Waals surface area contributed by atoms with Crippen molar-refractivity contribution in [3.8, 4) is 0 Å². The standard InChI is InChI=1S/C23H24N3O9P/c1-14(2)34-23(29)32-13-33-36(30)35-15(3)26-19-11-10-17(20(27)16-8-6-5-7-9-16)12-18(19)24-21(26)25-22(28)31-4/h5-12,14-15H,13H2,1-4H3/p+1. The topological polar surface area (TPSA) is 144 Å². The number of fused-ring (bicyclic) bond motifs is 1. The van der Waals surface area contributed by atoms with Crippen LogP contribution in [-0.2, 0) is 27.8 Å². The predicted molar refractivity (Wildman–Crippen MR) is 128 cm³/mol. The van der Waals surface area contributed by atoms with E-state index in [2.05, 4.69) is 19.8 Å². The van der Waals surface area contributed by atoms with Crippen LogP contribution < -0.4 is 5.32 Å². The molecule has 0 spiro atoms. The molecule has 1 aromatic heterocycles. The Labute approximate surface area is 207 Å². The minimum absolute atomic E-state index is 0.0221. The Morgan fingerprint density at radius 1 is 1.06 bits per heavy atom. The van der Waals surface area contributed by atoms with Crippen molar-refractivity contribution in [3.63, 3.8) is 0 Å². The van der Waals surface area contributed by atoms with Gasteiger partial charge in [-0.3, -0.25) is 14.7 Å². The maximum absolute atomic E-state index is 12.8. The fourth-order valence-electron chi connectivity index (χ4n) is 3.14. The Kier molecular flexibility index (Phi) is 9.07. The lowest BCUT2D eigenvalue weighted by molar-refractivity contribution is -0.0133. The number of anilines is 1. The minimum Gasteiger partial charge on any atom is -0.453 e. The summed E-state index contributed by atoms with van der Waals surface area (Å²) in [5.74, 6) is -0.180. The number of nitrogens with zero attached hydrogens (tertiary/aromatic N) is 2. The predicted octanol–water partition coefficient (Wildman–Crippen LogP) is 5.17. The number of carbonyl (C=O) groups is 3. The zero-order valence-corrected chi connectivity index (χ0v) is 20.9. The Bertz CT molecular complexity index is 1260. The molecule has 0 radical (unpaired) electrons. The van der Waals surface area contributed by atoms with E-state index in [4.69, 9.17) is 13.8 Å². The lowest BCUT2D eigenvalue weighted by Crippen LogP contribution is -2.18. The number of ether oxygens (including phenoxy) is 3. The number of methoxy groups -OCH3 is 1. The van der Waals surface area contributed by atoms with Crippen molar-refractivity contribution in [2.24, 2.45) is 0 Å². The van der Waals surface area contributed by atoms with Crippen molar-refractivity contribution in [2.45, 2.75) is 33.1 Å². The molecule has 1 N–H and O–H groups in total. The summed E-state index contributed by atoms with van der Waals surface area (Å²) in [6.07, 6.45) is -3.13. The maximum atomic E-state index is 12.8. The number of ketones is 1. The van der Waals surface area contributed by atoms with E-state index in [-0.39, 0.29) is 17.8 Å². The van der Waals surface area contributed by atoms with Crippen molar-refractivity contribution in [2.75, 3.05) is 19.2 Å². The fraction of sp³-hybridized carbons (Fsp3) is 0.304. The molecule has 0 saturated carbocycles.